The van der Waals surface area contributed by atoms with Gasteiger partial charge >= 0.3 is 5.97 Å². The van der Waals surface area contributed by atoms with Crippen molar-refractivity contribution in [3.05, 3.63) is 40.2 Å². The van der Waals surface area contributed by atoms with E-state index in [0.29, 0.717) is 11.6 Å². The fraction of sp³-hybridized carbons (Fsp3) is 0.389. The van der Waals surface area contributed by atoms with Gasteiger partial charge in [0.15, 0.2) is 10.8 Å². The predicted octanol–water partition coefficient (Wildman–Crippen LogP) is 4.19. The van der Waals surface area contributed by atoms with E-state index in [4.69, 9.17) is 21.7 Å². The SMILES string of the molecule is Cc1cc(C(=O)O)nn1Cc1cc(Cl)cc2sc(N3CCCCC3)nc12. The van der Waals surface area contributed by atoms with Gasteiger partial charge in [-0.05, 0) is 44.4 Å². The van der Waals surface area contributed by atoms with E-state index in [1.165, 1.54) is 19.3 Å². The van der Waals surface area contributed by atoms with Crippen LogP contribution in [0.3, 0.4) is 0 Å². The van der Waals surface area contributed by atoms with Crippen LogP contribution in [0.15, 0.2) is 18.2 Å². The average Bonchev–Trinajstić information content (AvgIpc) is 3.20. The fourth-order valence-corrected chi connectivity index (χ4v) is 4.74. The molecule has 0 saturated carbocycles. The summed E-state index contributed by atoms with van der Waals surface area (Å²) in [6.45, 7) is 4.38. The summed E-state index contributed by atoms with van der Waals surface area (Å²) in [5.74, 6) is -1.02. The van der Waals surface area contributed by atoms with Crippen molar-refractivity contribution in [2.24, 2.45) is 0 Å². The van der Waals surface area contributed by atoms with Crippen molar-refractivity contribution in [2.45, 2.75) is 32.7 Å². The molecule has 0 unspecified atom stereocenters. The molecular weight excluding hydrogens is 372 g/mol. The lowest BCUT2D eigenvalue weighted by Gasteiger charge is -2.25. The number of aromatic nitrogens is 3. The van der Waals surface area contributed by atoms with Gasteiger partial charge in [-0.3, -0.25) is 4.68 Å². The summed E-state index contributed by atoms with van der Waals surface area (Å²) >= 11 is 7.99. The molecule has 0 spiro atoms. The molecule has 8 heteroatoms. The zero-order chi connectivity index (χ0) is 18.3. The van der Waals surface area contributed by atoms with Gasteiger partial charge < -0.3 is 10.0 Å². The number of carbonyl (C=O) groups is 1. The van der Waals surface area contributed by atoms with Gasteiger partial charge in [-0.2, -0.15) is 5.10 Å². The third kappa shape index (κ3) is 3.29. The topological polar surface area (TPSA) is 71.2 Å². The Labute approximate surface area is 160 Å². The Balaban J connectivity index is 1.72. The maximum absolute atomic E-state index is 11.2. The molecule has 0 radical (unpaired) electrons. The average molecular weight is 391 g/mol. The Kier molecular flexibility index (Phi) is 4.58. The van der Waals surface area contributed by atoms with Crippen molar-refractivity contribution in [3.8, 4) is 0 Å². The van der Waals surface area contributed by atoms with E-state index in [9.17, 15) is 4.79 Å². The van der Waals surface area contributed by atoms with E-state index in [1.807, 2.05) is 19.1 Å². The summed E-state index contributed by atoms with van der Waals surface area (Å²) in [6, 6.07) is 5.42. The highest BCUT2D eigenvalue weighted by molar-refractivity contribution is 7.22. The van der Waals surface area contributed by atoms with Gasteiger partial charge in [-0.25, -0.2) is 9.78 Å². The first-order valence-corrected chi connectivity index (χ1v) is 9.82. The standard InChI is InChI=1S/C18H19ClN4O2S/c1-11-7-14(17(24)25)21-23(11)10-12-8-13(19)9-15-16(12)20-18(26-15)22-5-3-2-4-6-22/h7-9H,2-6,10H2,1H3,(H,24,25). The van der Waals surface area contributed by atoms with Gasteiger partial charge in [-0.15, -0.1) is 0 Å². The first-order chi connectivity index (χ1) is 12.5. The predicted molar refractivity (Wildman–Crippen MR) is 104 cm³/mol. The van der Waals surface area contributed by atoms with E-state index in [1.54, 1.807) is 22.1 Å². The van der Waals surface area contributed by atoms with Gasteiger partial charge in [0, 0.05) is 29.4 Å². The highest BCUT2D eigenvalue weighted by Crippen LogP contribution is 2.34. The van der Waals surface area contributed by atoms with Crippen LogP contribution in [-0.2, 0) is 6.54 Å². The second-order valence-corrected chi connectivity index (χ2v) is 8.04. The van der Waals surface area contributed by atoms with E-state index in [-0.39, 0.29) is 5.69 Å². The number of nitrogens with zero attached hydrogens (tertiary/aromatic N) is 4. The van der Waals surface area contributed by atoms with Gasteiger partial charge in [0.2, 0.25) is 0 Å². The summed E-state index contributed by atoms with van der Waals surface area (Å²) in [5, 5.41) is 15.0. The van der Waals surface area contributed by atoms with Crippen molar-refractivity contribution in [3.63, 3.8) is 0 Å². The van der Waals surface area contributed by atoms with E-state index < -0.39 is 5.97 Å². The van der Waals surface area contributed by atoms with E-state index in [2.05, 4.69) is 10.00 Å². The number of halogens is 1. The maximum atomic E-state index is 11.2. The molecule has 136 valence electrons. The quantitative estimate of drug-likeness (QED) is 0.723. The Morgan fingerprint density at radius 2 is 2.04 bits per heavy atom. The summed E-state index contributed by atoms with van der Waals surface area (Å²) < 4.78 is 2.74. The van der Waals surface area contributed by atoms with Crippen LogP contribution in [0.1, 0.15) is 41.0 Å². The Morgan fingerprint density at radius 3 is 2.73 bits per heavy atom. The minimum atomic E-state index is -1.02. The van der Waals surface area contributed by atoms with Crippen LogP contribution in [0.25, 0.3) is 10.2 Å². The number of carboxylic acids is 1. The molecule has 1 aliphatic heterocycles. The summed E-state index contributed by atoms with van der Waals surface area (Å²) in [6.07, 6.45) is 3.69. The highest BCUT2D eigenvalue weighted by Gasteiger charge is 2.18. The van der Waals surface area contributed by atoms with Crippen molar-refractivity contribution in [1.29, 1.82) is 0 Å². The number of carboxylic acid groups (broad SMARTS) is 1. The Hall–Kier alpha value is -2.12. The molecule has 6 nitrogen and oxygen atoms in total. The molecule has 26 heavy (non-hydrogen) atoms. The smallest absolute Gasteiger partial charge is 0.356 e. The molecule has 1 saturated heterocycles. The number of anilines is 1. The number of fused-ring (bicyclic) bond motifs is 1. The van der Waals surface area contributed by atoms with Gasteiger partial charge in [0.05, 0.1) is 16.8 Å². The van der Waals surface area contributed by atoms with Crippen molar-refractivity contribution in [2.75, 3.05) is 18.0 Å². The molecule has 1 N–H and O–H groups in total. The van der Waals surface area contributed by atoms with E-state index >= 15 is 0 Å². The van der Waals surface area contributed by atoms with Gasteiger partial charge in [0.25, 0.3) is 0 Å². The largest absolute Gasteiger partial charge is 0.476 e. The molecule has 0 amide bonds. The number of benzene rings is 1. The second kappa shape index (κ2) is 6.89. The minimum Gasteiger partial charge on any atom is -0.476 e. The maximum Gasteiger partial charge on any atom is 0.356 e. The molecule has 3 aromatic rings. The van der Waals surface area contributed by atoms with Crippen LogP contribution in [0.2, 0.25) is 5.02 Å². The lowest BCUT2D eigenvalue weighted by Crippen LogP contribution is -2.29. The molecule has 3 heterocycles. The fourth-order valence-electron chi connectivity index (χ4n) is 3.33. The van der Waals surface area contributed by atoms with Crippen molar-refractivity contribution < 1.29 is 9.90 Å². The van der Waals surface area contributed by atoms with Crippen LogP contribution in [0.4, 0.5) is 5.13 Å². The first kappa shape index (κ1) is 17.3. The number of piperidine rings is 1. The summed E-state index contributed by atoms with van der Waals surface area (Å²) in [4.78, 5) is 18.4. The molecule has 1 fully saturated rings. The lowest BCUT2D eigenvalue weighted by molar-refractivity contribution is 0.0689. The molecule has 4 rings (SSSR count). The number of rotatable bonds is 4. The number of hydrogen-bond acceptors (Lipinski definition) is 5. The third-order valence-corrected chi connectivity index (χ3v) is 5.96. The molecule has 1 aliphatic rings. The van der Waals surface area contributed by atoms with Crippen LogP contribution in [0, 0.1) is 6.92 Å². The highest BCUT2D eigenvalue weighted by atomic mass is 35.5. The Bertz CT molecular complexity index is 975. The van der Waals surface area contributed by atoms with Crippen LogP contribution >= 0.6 is 22.9 Å². The minimum absolute atomic E-state index is 0.0491. The zero-order valence-electron chi connectivity index (χ0n) is 14.4. The molecule has 2 aromatic heterocycles. The van der Waals surface area contributed by atoms with Crippen LogP contribution in [0.5, 0.6) is 0 Å². The number of aromatic carboxylic acids is 1. The molecule has 0 bridgehead atoms. The van der Waals surface area contributed by atoms with Crippen molar-refractivity contribution >= 4 is 44.3 Å². The molecule has 0 aliphatic carbocycles. The molecular formula is C18H19ClN4O2S. The number of thiazole rings is 1. The second-order valence-electron chi connectivity index (χ2n) is 6.59. The zero-order valence-corrected chi connectivity index (χ0v) is 16.0. The number of hydrogen-bond donors (Lipinski definition) is 1. The lowest BCUT2D eigenvalue weighted by atomic mass is 10.1. The first-order valence-electron chi connectivity index (χ1n) is 8.63. The van der Waals surface area contributed by atoms with Gasteiger partial charge in [0.1, 0.15) is 0 Å². The summed E-state index contributed by atoms with van der Waals surface area (Å²) in [5.41, 5.74) is 2.72. The number of aryl methyl sites for hydroxylation is 1. The molecule has 0 atom stereocenters. The Morgan fingerprint density at radius 1 is 1.27 bits per heavy atom. The third-order valence-electron chi connectivity index (χ3n) is 4.67. The normalized spacial score (nSPS) is 14.9. The van der Waals surface area contributed by atoms with E-state index in [0.717, 1.165) is 39.7 Å². The summed E-state index contributed by atoms with van der Waals surface area (Å²) in [7, 11) is 0. The monoisotopic (exact) mass is 390 g/mol. The van der Waals surface area contributed by atoms with Gasteiger partial charge in [-0.1, -0.05) is 22.9 Å². The van der Waals surface area contributed by atoms with Crippen molar-refractivity contribution in [1.82, 2.24) is 14.8 Å². The van der Waals surface area contributed by atoms with Crippen LogP contribution in [-0.4, -0.2) is 38.9 Å². The van der Waals surface area contributed by atoms with Crippen LogP contribution < -0.4 is 4.90 Å². The molecule has 1 aromatic carbocycles.